The second-order valence-electron chi connectivity index (χ2n) is 15.0. The number of nitrogens with zero attached hydrogens (tertiary/aromatic N) is 4. The molecule has 1 atom stereocenters. The summed E-state index contributed by atoms with van der Waals surface area (Å²) in [5.41, 5.74) is 10.4. The number of amidine groups is 1. The minimum Gasteiger partial charge on any atom is -0.456 e. The molecule has 58 heavy (non-hydrogen) atoms. The fourth-order valence-electron chi connectivity index (χ4n) is 9.25. The molecule has 1 N–H and O–H groups in total. The molecule has 272 valence electrons. The van der Waals surface area contributed by atoms with Crippen LogP contribution >= 0.6 is 0 Å². The molecule has 0 radical (unpaired) electrons. The monoisotopic (exact) mass is 745 g/mol. The van der Waals surface area contributed by atoms with E-state index in [4.69, 9.17) is 18.8 Å². The quantitative estimate of drug-likeness (QED) is 0.196. The van der Waals surface area contributed by atoms with E-state index in [1.165, 1.54) is 10.8 Å². The van der Waals surface area contributed by atoms with Gasteiger partial charge in [-0.15, -0.1) is 0 Å². The Balaban J connectivity index is 1.03. The molecule has 4 aromatic heterocycles. The first-order valence-electron chi connectivity index (χ1n) is 19.5. The summed E-state index contributed by atoms with van der Waals surface area (Å²) in [6, 6.07) is 61.3. The number of aliphatic imine (C=N–C) groups is 2. The maximum Gasteiger partial charge on any atom is 0.211 e. The molecule has 7 heteroatoms. The van der Waals surface area contributed by atoms with E-state index in [1.807, 2.05) is 18.2 Å². The lowest BCUT2D eigenvalue weighted by Crippen LogP contribution is -2.37. The van der Waals surface area contributed by atoms with Crippen LogP contribution in [0.5, 0.6) is 0 Å². The number of benzene rings is 8. The van der Waals surface area contributed by atoms with Crippen LogP contribution in [-0.4, -0.2) is 20.9 Å². The van der Waals surface area contributed by atoms with Crippen molar-refractivity contribution in [3.63, 3.8) is 0 Å². The smallest absolute Gasteiger partial charge is 0.211 e. The molecule has 0 saturated heterocycles. The second kappa shape index (κ2) is 11.8. The van der Waals surface area contributed by atoms with Gasteiger partial charge >= 0.3 is 0 Å². The predicted octanol–water partition coefficient (Wildman–Crippen LogP) is 12.6. The van der Waals surface area contributed by atoms with E-state index in [2.05, 4.69) is 172 Å². The average Bonchev–Trinajstić information content (AvgIpc) is 4.04. The Morgan fingerprint density at radius 3 is 1.62 bits per heavy atom. The fourth-order valence-corrected chi connectivity index (χ4v) is 9.25. The van der Waals surface area contributed by atoms with Crippen LogP contribution in [0.1, 0.15) is 17.3 Å². The van der Waals surface area contributed by atoms with Gasteiger partial charge in [0.05, 0.1) is 27.8 Å². The number of fused-ring (bicyclic) bond motifs is 12. The summed E-state index contributed by atoms with van der Waals surface area (Å²) < 4.78 is 18.0. The zero-order valence-corrected chi connectivity index (χ0v) is 30.9. The molecule has 1 aliphatic rings. The third-order valence-electron chi connectivity index (χ3n) is 11.8. The molecule has 8 aromatic carbocycles. The summed E-state index contributed by atoms with van der Waals surface area (Å²) in [4.78, 5) is 10.7. The molecule has 0 amide bonds. The molecule has 7 nitrogen and oxygen atoms in total. The number of hydrogen-bond donors (Lipinski definition) is 1. The summed E-state index contributed by atoms with van der Waals surface area (Å²) in [5.74, 6) is 1.28. The van der Waals surface area contributed by atoms with Gasteiger partial charge in [0.1, 0.15) is 16.7 Å². The first kappa shape index (κ1) is 31.3. The molecule has 12 aromatic rings. The molecule has 5 heterocycles. The Morgan fingerprint density at radius 2 is 0.948 bits per heavy atom. The first-order chi connectivity index (χ1) is 28.8. The lowest BCUT2D eigenvalue weighted by molar-refractivity contribution is 0.623. The van der Waals surface area contributed by atoms with Crippen molar-refractivity contribution >= 4 is 99.3 Å². The average molecular weight is 746 g/mol. The predicted molar refractivity (Wildman–Crippen MR) is 236 cm³/mol. The van der Waals surface area contributed by atoms with Gasteiger partial charge in [0.15, 0.2) is 17.6 Å². The van der Waals surface area contributed by atoms with E-state index < -0.39 is 6.17 Å². The molecule has 0 spiro atoms. The first-order valence-corrected chi connectivity index (χ1v) is 19.5. The van der Waals surface area contributed by atoms with Crippen molar-refractivity contribution in [2.75, 3.05) is 0 Å². The highest BCUT2D eigenvalue weighted by atomic mass is 16.3. The number of furan rings is 2. The maximum atomic E-state index is 6.89. The SMILES string of the molecule is c1ccc2c(c1)oc1c(C3N=C(c4ccc5c(c4)oc4c(-n6c7ccccc7c7ccccc76)cccc45)N=C(n4c5ccccc5c5ccccc54)N3)cccc12. The topological polar surface area (TPSA) is 72.9 Å². The number of para-hydroxylation sites is 7. The number of aromatic nitrogens is 2. The van der Waals surface area contributed by atoms with Crippen molar-refractivity contribution in [1.29, 1.82) is 0 Å². The Labute approximate surface area is 330 Å². The lowest BCUT2D eigenvalue weighted by atomic mass is 10.1. The van der Waals surface area contributed by atoms with E-state index in [1.54, 1.807) is 0 Å². The van der Waals surface area contributed by atoms with E-state index in [-0.39, 0.29) is 0 Å². The van der Waals surface area contributed by atoms with Crippen LogP contribution in [0.4, 0.5) is 0 Å². The van der Waals surface area contributed by atoms with Crippen molar-refractivity contribution in [3.8, 4) is 5.69 Å². The van der Waals surface area contributed by atoms with Gasteiger partial charge in [0, 0.05) is 54.2 Å². The van der Waals surface area contributed by atoms with Gasteiger partial charge in [-0.1, -0.05) is 127 Å². The van der Waals surface area contributed by atoms with Crippen molar-refractivity contribution < 1.29 is 8.83 Å². The molecule has 13 rings (SSSR count). The fraction of sp³-hybridized carbons (Fsp3) is 0.0196. The van der Waals surface area contributed by atoms with Gasteiger partial charge in [-0.25, -0.2) is 4.99 Å². The van der Waals surface area contributed by atoms with Crippen LogP contribution in [0.25, 0.3) is 93.2 Å². The molecule has 0 bridgehead atoms. The van der Waals surface area contributed by atoms with Crippen LogP contribution in [0, 0.1) is 0 Å². The Kier molecular flexibility index (Phi) is 6.37. The van der Waals surface area contributed by atoms with Crippen molar-refractivity contribution in [2.45, 2.75) is 6.17 Å². The Bertz CT molecular complexity index is 3640. The van der Waals surface area contributed by atoms with Gasteiger partial charge in [-0.3, -0.25) is 4.57 Å². The van der Waals surface area contributed by atoms with Crippen LogP contribution in [0.2, 0.25) is 0 Å². The van der Waals surface area contributed by atoms with Crippen LogP contribution in [0.3, 0.4) is 0 Å². The van der Waals surface area contributed by atoms with E-state index in [0.717, 1.165) is 93.5 Å². The zero-order chi connectivity index (χ0) is 37.9. The molecule has 1 aliphatic heterocycles. The number of hydrogen-bond acceptors (Lipinski definition) is 5. The summed E-state index contributed by atoms with van der Waals surface area (Å²) in [5, 5.41) is 12.7. The Hall–Kier alpha value is -7.90. The molecule has 0 saturated carbocycles. The van der Waals surface area contributed by atoms with Gasteiger partial charge < -0.3 is 18.7 Å². The molecule has 0 fully saturated rings. The van der Waals surface area contributed by atoms with Crippen LogP contribution < -0.4 is 5.32 Å². The second-order valence-corrected chi connectivity index (χ2v) is 15.0. The van der Waals surface area contributed by atoms with Crippen LogP contribution in [-0.2, 0) is 0 Å². The summed E-state index contributed by atoms with van der Waals surface area (Å²) in [7, 11) is 0. The third kappa shape index (κ3) is 4.38. The van der Waals surface area contributed by atoms with Crippen molar-refractivity contribution in [2.24, 2.45) is 9.98 Å². The third-order valence-corrected chi connectivity index (χ3v) is 11.8. The molecule has 1 unspecified atom stereocenters. The largest absolute Gasteiger partial charge is 0.456 e. The number of rotatable bonds is 3. The summed E-state index contributed by atoms with van der Waals surface area (Å²) in [6.07, 6.45) is -0.500. The van der Waals surface area contributed by atoms with Gasteiger partial charge in [0.2, 0.25) is 5.96 Å². The highest BCUT2D eigenvalue weighted by molar-refractivity contribution is 6.19. The summed E-state index contributed by atoms with van der Waals surface area (Å²) >= 11 is 0. The van der Waals surface area contributed by atoms with Gasteiger partial charge in [-0.2, -0.15) is 4.99 Å². The Morgan fingerprint density at radius 1 is 0.431 bits per heavy atom. The highest BCUT2D eigenvalue weighted by Gasteiger charge is 2.27. The summed E-state index contributed by atoms with van der Waals surface area (Å²) in [6.45, 7) is 0. The van der Waals surface area contributed by atoms with E-state index in [9.17, 15) is 0 Å². The van der Waals surface area contributed by atoms with Gasteiger partial charge in [-0.05, 0) is 48.5 Å². The van der Waals surface area contributed by atoms with Gasteiger partial charge in [0.25, 0.3) is 0 Å². The van der Waals surface area contributed by atoms with E-state index >= 15 is 0 Å². The normalized spacial score (nSPS) is 14.7. The molecular weight excluding hydrogens is 715 g/mol. The maximum absolute atomic E-state index is 6.89. The molecule has 0 aliphatic carbocycles. The zero-order valence-electron chi connectivity index (χ0n) is 30.9. The standard InChI is InChI=1S/C51H31N5O2/c1-6-21-40-31(13-1)32-14-2-7-22-41(32)55(40)44-25-12-19-38-36-28-27-30(29-46(36)58-48(38)44)49-52-50(39-20-11-18-37-35-17-5-10-26-45(35)57-47(37)39)54-51(53-49)56-42-23-8-3-15-33(42)34-16-4-9-24-43(34)56/h1-29,50H,(H,52,53,54). The minimum absolute atomic E-state index is 0.500. The highest BCUT2D eigenvalue weighted by Crippen LogP contribution is 2.40. The van der Waals surface area contributed by atoms with E-state index in [0.29, 0.717) is 11.8 Å². The molecular formula is C51H31N5O2. The van der Waals surface area contributed by atoms with Crippen molar-refractivity contribution in [1.82, 2.24) is 14.5 Å². The lowest BCUT2D eigenvalue weighted by Gasteiger charge is -2.24. The number of nitrogens with one attached hydrogen (secondary N) is 1. The van der Waals surface area contributed by atoms with Crippen molar-refractivity contribution in [3.05, 3.63) is 187 Å². The minimum atomic E-state index is -0.500. The van der Waals surface area contributed by atoms with Crippen LogP contribution in [0.15, 0.2) is 195 Å².